The first-order chi connectivity index (χ1) is 8.97. The van der Waals surface area contributed by atoms with Crippen molar-refractivity contribution in [3.63, 3.8) is 0 Å². The third-order valence-corrected chi connectivity index (χ3v) is 5.57. The van der Waals surface area contributed by atoms with Crippen LogP contribution in [0.1, 0.15) is 52.9 Å². The van der Waals surface area contributed by atoms with Gasteiger partial charge >= 0.3 is 0 Å². The van der Waals surface area contributed by atoms with Gasteiger partial charge in [0.1, 0.15) is 0 Å². The van der Waals surface area contributed by atoms with Crippen LogP contribution in [0.2, 0.25) is 0 Å². The van der Waals surface area contributed by atoms with Crippen LogP contribution in [0.4, 0.5) is 0 Å². The molecule has 1 aliphatic heterocycles. The Kier molecular flexibility index (Phi) is 4.54. The van der Waals surface area contributed by atoms with Gasteiger partial charge < -0.3 is 10.2 Å². The van der Waals surface area contributed by atoms with Crippen molar-refractivity contribution in [3.05, 3.63) is 0 Å². The highest BCUT2D eigenvalue weighted by Gasteiger charge is 2.46. The molecule has 0 bridgehead atoms. The molecule has 1 saturated carbocycles. The number of nitrogens with one attached hydrogen (secondary N) is 1. The first-order valence-corrected chi connectivity index (χ1v) is 7.95. The summed E-state index contributed by atoms with van der Waals surface area (Å²) in [6.07, 6.45) is 5.91. The van der Waals surface area contributed by atoms with E-state index in [-0.39, 0.29) is 5.41 Å². The lowest BCUT2D eigenvalue weighted by Gasteiger charge is -2.40. The molecular formula is C16H30N2O. The van der Waals surface area contributed by atoms with E-state index in [2.05, 4.69) is 31.0 Å². The highest BCUT2D eigenvalue weighted by atomic mass is 16.2. The Balaban J connectivity index is 2.05. The predicted molar refractivity (Wildman–Crippen MR) is 78.9 cm³/mol. The first kappa shape index (κ1) is 14.8. The van der Waals surface area contributed by atoms with Crippen molar-refractivity contribution in [2.24, 2.45) is 17.3 Å². The molecule has 0 aromatic carbocycles. The standard InChI is InChI=1S/C16H30N2O/c1-12(2)16(9-10-17-11-16)15(19)18(4)14-7-5-13(3)6-8-14/h12-14,17H,5-11H2,1-4H3. The van der Waals surface area contributed by atoms with Crippen molar-refractivity contribution in [1.29, 1.82) is 0 Å². The molecule has 1 amide bonds. The van der Waals surface area contributed by atoms with E-state index in [1.165, 1.54) is 25.7 Å². The second-order valence-corrected chi connectivity index (χ2v) is 7.07. The number of amides is 1. The van der Waals surface area contributed by atoms with Crippen LogP contribution in [0, 0.1) is 17.3 Å². The minimum absolute atomic E-state index is 0.155. The highest BCUT2D eigenvalue weighted by molar-refractivity contribution is 5.83. The maximum atomic E-state index is 13.0. The van der Waals surface area contributed by atoms with Crippen molar-refractivity contribution in [2.75, 3.05) is 20.1 Å². The third kappa shape index (κ3) is 2.81. The minimum atomic E-state index is -0.155. The molecule has 19 heavy (non-hydrogen) atoms. The zero-order valence-electron chi connectivity index (χ0n) is 13.0. The van der Waals surface area contributed by atoms with Crippen LogP contribution < -0.4 is 5.32 Å². The van der Waals surface area contributed by atoms with Gasteiger partial charge in [-0.15, -0.1) is 0 Å². The van der Waals surface area contributed by atoms with Gasteiger partial charge in [-0.3, -0.25) is 4.79 Å². The number of hydrogen-bond acceptors (Lipinski definition) is 2. The number of carbonyl (C=O) groups excluding carboxylic acids is 1. The van der Waals surface area contributed by atoms with E-state index in [0.29, 0.717) is 17.9 Å². The monoisotopic (exact) mass is 266 g/mol. The smallest absolute Gasteiger partial charge is 0.230 e. The Labute approximate surface area is 118 Å². The van der Waals surface area contributed by atoms with Crippen LogP contribution in [0.15, 0.2) is 0 Å². The molecule has 2 fully saturated rings. The summed E-state index contributed by atoms with van der Waals surface area (Å²) in [5.41, 5.74) is -0.155. The van der Waals surface area contributed by atoms with Crippen LogP contribution in [0.3, 0.4) is 0 Å². The molecule has 1 atom stereocenters. The number of hydrogen-bond donors (Lipinski definition) is 1. The van der Waals surface area contributed by atoms with Crippen LogP contribution >= 0.6 is 0 Å². The van der Waals surface area contributed by atoms with Gasteiger partial charge in [0.25, 0.3) is 0 Å². The van der Waals surface area contributed by atoms with Crippen LogP contribution in [0.5, 0.6) is 0 Å². The average molecular weight is 266 g/mol. The molecule has 0 radical (unpaired) electrons. The number of nitrogens with zero attached hydrogens (tertiary/aromatic N) is 1. The van der Waals surface area contributed by atoms with Gasteiger partial charge in [0.15, 0.2) is 0 Å². The molecule has 3 heteroatoms. The van der Waals surface area contributed by atoms with E-state index in [1.54, 1.807) is 0 Å². The topological polar surface area (TPSA) is 32.3 Å². The van der Waals surface area contributed by atoms with Gasteiger partial charge in [-0.1, -0.05) is 20.8 Å². The van der Waals surface area contributed by atoms with Crippen molar-refractivity contribution in [2.45, 2.75) is 58.9 Å². The summed E-state index contributed by atoms with van der Waals surface area (Å²) < 4.78 is 0. The summed E-state index contributed by atoms with van der Waals surface area (Å²) in [6.45, 7) is 8.56. The van der Waals surface area contributed by atoms with Gasteiger partial charge in [-0.05, 0) is 50.5 Å². The van der Waals surface area contributed by atoms with Gasteiger partial charge in [-0.25, -0.2) is 0 Å². The number of rotatable bonds is 3. The summed E-state index contributed by atoms with van der Waals surface area (Å²) in [6, 6.07) is 0.472. The van der Waals surface area contributed by atoms with Crippen molar-refractivity contribution >= 4 is 5.91 Å². The van der Waals surface area contributed by atoms with Gasteiger partial charge in [0.05, 0.1) is 5.41 Å². The molecule has 0 spiro atoms. The molecule has 1 heterocycles. The lowest BCUT2D eigenvalue weighted by Crippen LogP contribution is -2.50. The molecule has 0 aromatic heterocycles. The van der Waals surface area contributed by atoms with E-state index >= 15 is 0 Å². The second kappa shape index (κ2) is 5.82. The third-order valence-electron chi connectivity index (χ3n) is 5.57. The Morgan fingerprint density at radius 2 is 1.89 bits per heavy atom. The summed E-state index contributed by atoms with van der Waals surface area (Å²) >= 11 is 0. The SMILES string of the molecule is CC1CCC(N(C)C(=O)C2(C(C)C)CCNC2)CC1. The van der Waals surface area contributed by atoms with E-state index < -0.39 is 0 Å². The van der Waals surface area contributed by atoms with E-state index in [4.69, 9.17) is 0 Å². The fraction of sp³-hybridized carbons (Fsp3) is 0.938. The molecule has 2 aliphatic rings. The van der Waals surface area contributed by atoms with Crippen LogP contribution in [0.25, 0.3) is 0 Å². The lowest BCUT2D eigenvalue weighted by molar-refractivity contribution is -0.145. The fourth-order valence-corrected chi connectivity index (χ4v) is 3.78. The highest BCUT2D eigenvalue weighted by Crippen LogP contribution is 2.37. The quantitative estimate of drug-likeness (QED) is 0.852. The van der Waals surface area contributed by atoms with E-state index in [0.717, 1.165) is 25.4 Å². The summed E-state index contributed by atoms with van der Waals surface area (Å²) in [5.74, 6) is 1.64. The first-order valence-electron chi connectivity index (χ1n) is 7.95. The van der Waals surface area contributed by atoms with Crippen molar-refractivity contribution in [1.82, 2.24) is 10.2 Å². The van der Waals surface area contributed by atoms with Crippen molar-refractivity contribution in [3.8, 4) is 0 Å². The largest absolute Gasteiger partial charge is 0.342 e. The second-order valence-electron chi connectivity index (χ2n) is 7.07. The normalized spacial score (nSPS) is 35.6. The van der Waals surface area contributed by atoms with E-state index in [1.807, 2.05) is 7.05 Å². The minimum Gasteiger partial charge on any atom is -0.342 e. The maximum absolute atomic E-state index is 13.0. The Morgan fingerprint density at radius 3 is 2.37 bits per heavy atom. The Morgan fingerprint density at radius 1 is 1.26 bits per heavy atom. The Hall–Kier alpha value is -0.570. The maximum Gasteiger partial charge on any atom is 0.230 e. The fourth-order valence-electron chi connectivity index (χ4n) is 3.78. The van der Waals surface area contributed by atoms with Crippen molar-refractivity contribution < 1.29 is 4.79 Å². The van der Waals surface area contributed by atoms with E-state index in [9.17, 15) is 4.79 Å². The predicted octanol–water partition coefficient (Wildman–Crippen LogP) is 2.66. The molecule has 2 rings (SSSR count). The molecule has 3 nitrogen and oxygen atoms in total. The number of carbonyl (C=O) groups is 1. The zero-order chi connectivity index (χ0) is 14.0. The molecule has 1 aliphatic carbocycles. The van der Waals surface area contributed by atoms with Crippen LogP contribution in [-0.4, -0.2) is 37.0 Å². The van der Waals surface area contributed by atoms with Gasteiger partial charge in [-0.2, -0.15) is 0 Å². The molecule has 1 unspecified atom stereocenters. The molecule has 1 saturated heterocycles. The lowest BCUT2D eigenvalue weighted by atomic mass is 9.74. The molecular weight excluding hydrogens is 236 g/mol. The molecule has 110 valence electrons. The average Bonchev–Trinajstić information content (AvgIpc) is 2.88. The zero-order valence-corrected chi connectivity index (χ0v) is 13.0. The summed E-state index contributed by atoms with van der Waals surface area (Å²) in [7, 11) is 2.03. The van der Waals surface area contributed by atoms with Gasteiger partial charge in [0.2, 0.25) is 5.91 Å². The summed E-state index contributed by atoms with van der Waals surface area (Å²) in [4.78, 5) is 15.1. The van der Waals surface area contributed by atoms with Gasteiger partial charge in [0, 0.05) is 19.6 Å². The molecule has 1 N–H and O–H groups in total. The van der Waals surface area contributed by atoms with Crippen LogP contribution in [-0.2, 0) is 4.79 Å². The Bertz CT molecular complexity index is 313. The summed E-state index contributed by atoms with van der Waals surface area (Å²) in [5, 5.41) is 3.39. The molecule has 0 aromatic rings.